The molecular formula is C16H18O2. The van der Waals surface area contributed by atoms with Crippen molar-refractivity contribution in [1.29, 1.82) is 0 Å². The summed E-state index contributed by atoms with van der Waals surface area (Å²) in [6.07, 6.45) is 6.54. The molecule has 0 bridgehead atoms. The standard InChI is InChI=1S/C16H18O2/c1-13(12-14-6-5-7-14)10-11-18-16(17)15-8-3-2-4-9-15/h2-4,8-9,12H,1,5-7,10-11H2. The molecule has 1 aromatic rings. The van der Waals surface area contributed by atoms with Crippen LogP contribution in [0.3, 0.4) is 0 Å². The normalized spacial score (nSPS) is 13.7. The molecule has 1 aliphatic carbocycles. The summed E-state index contributed by atoms with van der Waals surface area (Å²) < 4.78 is 5.20. The van der Waals surface area contributed by atoms with E-state index in [-0.39, 0.29) is 5.97 Å². The van der Waals surface area contributed by atoms with Crippen LogP contribution in [0.2, 0.25) is 0 Å². The summed E-state index contributed by atoms with van der Waals surface area (Å²) >= 11 is 0. The zero-order chi connectivity index (χ0) is 12.8. The van der Waals surface area contributed by atoms with E-state index in [0.29, 0.717) is 18.6 Å². The summed E-state index contributed by atoms with van der Waals surface area (Å²) in [6.45, 7) is 4.38. The molecule has 0 N–H and O–H groups in total. The van der Waals surface area contributed by atoms with Crippen molar-refractivity contribution in [2.24, 2.45) is 0 Å². The van der Waals surface area contributed by atoms with Crippen LogP contribution >= 0.6 is 0 Å². The minimum absolute atomic E-state index is 0.264. The number of allylic oxidation sites excluding steroid dienone is 2. The molecule has 1 aromatic carbocycles. The predicted molar refractivity (Wildman–Crippen MR) is 72.4 cm³/mol. The van der Waals surface area contributed by atoms with Crippen LogP contribution < -0.4 is 0 Å². The van der Waals surface area contributed by atoms with Gasteiger partial charge in [-0.2, -0.15) is 0 Å². The molecule has 2 heteroatoms. The van der Waals surface area contributed by atoms with Crippen LogP contribution in [-0.2, 0) is 4.74 Å². The number of benzene rings is 1. The lowest BCUT2D eigenvalue weighted by atomic mass is 9.90. The maximum atomic E-state index is 11.6. The SMILES string of the molecule is C=C(C=C1CCC1)CCOC(=O)c1ccccc1. The number of carbonyl (C=O) groups is 1. The van der Waals surface area contributed by atoms with E-state index in [4.69, 9.17) is 4.74 Å². The second-order valence-electron chi connectivity index (χ2n) is 4.57. The summed E-state index contributed by atoms with van der Waals surface area (Å²) in [7, 11) is 0. The van der Waals surface area contributed by atoms with Gasteiger partial charge in [0.25, 0.3) is 0 Å². The highest BCUT2D eigenvalue weighted by Gasteiger charge is 2.09. The van der Waals surface area contributed by atoms with Crippen LogP contribution in [0.4, 0.5) is 0 Å². The smallest absolute Gasteiger partial charge is 0.338 e. The van der Waals surface area contributed by atoms with Crippen molar-refractivity contribution in [2.45, 2.75) is 25.7 Å². The lowest BCUT2D eigenvalue weighted by Gasteiger charge is -2.16. The van der Waals surface area contributed by atoms with E-state index < -0.39 is 0 Å². The molecule has 0 aliphatic heterocycles. The van der Waals surface area contributed by atoms with Crippen molar-refractivity contribution in [3.05, 3.63) is 59.7 Å². The summed E-state index contributed by atoms with van der Waals surface area (Å²) in [6, 6.07) is 9.05. The Morgan fingerprint density at radius 2 is 2.00 bits per heavy atom. The maximum Gasteiger partial charge on any atom is 0.338 e. The zero-order valence-corrected chi connectivity index (χ0v) is 10.5. The molecule has 0 atom stereocenters. The third-order valence-corrected chi connectivity index (χ3v) is 3.07. The van der Waals surface area contributed by atoms with E-state index in [2.05, 4.69) is 12.7 Å². The van der Waals surface area contributed by atoms with E-state index in [1.54, 1.807) is 12.1 Å². The molecule has 0 aromatic heterocycles. The number of carbonyl (C=O) groups excluding carboxylic acids is 1. The fraction of sp³-hybridized carbons (Fsp3) is 0.312. The molecule has 2 nitrogen and oxygen atoms in total. The van der Waals surface area contributed by atoms with E-state index in [0.717, 1.165) is 5.57 Å². The minimum atomic E-state index is -0.264. The summed E-state index contributed by atoms with van der Waals surface area (Å²) in [5.74, 6) is -0.264. The molecule has 1 aliphatic rings. The lowest BCUT2D eigenvalue weighted by Crippen LogP contribution is -2.06. The molecule has 0 amide bonds. The van der Waals surface area contributed by atoms with Crippen molar-refractivity contribution in [2.75, 3.05) is 6.61 Å². The van der Waals surface area contributed by atoms with Gasteiger partial charge in [0, 0.05) is 6.42 Å². The van der Waals surface area contributed by atoms with Gasteiger partial charge in [-0.25, -0.2) is 4.79 Å². The third-order valence-electron chi connectivity index (χ3n) is 3.07. The van der Waals surface area contributed by atoms with Gasteiger partial charge in [-0.3, -0.25) is 0 Å². The van der Waals surface area contributed by atoms with Crippen LogP contribution in [0.5, 0.6) is 0 Å². The van der Waals surface area contributed by atoms with Gasteiger partial charge in [0.2, 0.25) is 0 Å². The van der Waals surface area contributed by atoms with Gasteiger partial charge < -0.3 is 4.74 Å². The maximum absolute atomic E-state index is 11.6. The first-order chi connectivity index (χ1) is 8.75. The Bertz CT molecular complexity index is 451. The van der Waals surface area contributed by atoms with Gasteiger partial charge in [-0.05, 0) is 31.4 Å². The van der Waals surface area contributed by atoms with Gasteiger partial charge >= 0.3 is 5.97 Å². The molecule has 2 rings (SSSR count). The molecule has 0 spiro atoms. The largest absolute Gasteiger partial charge is 0.462 e. The van der Waals surface area contributed by atoms with Crippen LogP contribution in [-0.4, -0.2) is 12.6 Å². The first-order valence-corrected chi connectivity index (χ1v) is 6.35. The van der Waals surface area contributed by atoms with Crippen LogP contribution in [0.25, 0.3) is 0 Å². The highest BCUT2D eigenvalue weighted by molar-refractivity contribution is 5.89. The van der Waals surface area contributed by atoms with Crippen molar-refractivity contribution in [1.82, 2.24) is 0 Å². The summed E-state index contributed by atoms with van der Waals surface area (Å²) in [4.78, 5) is 11.6. The highest BCUT2D eigenvalue weighted by Crippen LogP contribution is 2.26. The topological polar surface area (TPSA) is 26.3 Å². The summed E-state index contributed by atoms with van der Waals surface area (Å²) in [5.41, 5.74) is 3.11. The molecule has 0 heterocycles. The average molecular weight is 242 g/mol. The van der Waals surface area contributed by atoms with Gasteiger partial charge in [0.15, 0.2) is 0 Å². The molecule has 0 saturated heterocycles. The highest BCUT2D eigenvalue weighted by atomic mass is 16.5. The van der Waals surface area contributed by atoms with E-state index >= 15 is 0 Å². The van der Waals surface area contributed by atoms with Gasteiger partial charge in [0.05, 0.1) is 12.2 Å². The Morgan fingerprint density at radius 3 is 2.61 bits per heavy atom. The first-order valence-electron chi connectivity index (χ1n) is 6.35. The molecule has 94 valence electrons. The van der Waals surface area contributed by atoms with Gasteiger partial charge in [-0.15, -0.1) is 0 Å². The summed E-state index contributed by atoms with van der Waals surface area (Å²) in [5, 5.41) is 0. The number of rotatable bonds is 5. The number of esters is 1. The van der Waals surface area contributed by atoms with Crippen molar-refractivity contribution in [3.63, 3.8) is 0 Å². The van der Waals surface area contributed by atoms with Crippen molar-refractivity contribution >= 4 is 5.97 Å². The Morgan fingerprint density at radius 1 is 1.28 bits per heavy atom. The van der Waals surface area contributed by atoms with Gasteiger partial charge in [0.1, 0.15) is 0 Å². The second-order valence-corrected chi connectivity index (χ2v) is 4.57. The zero-order valence-electron chi connectivity index (χ0n) is 10.5. The predicted octanol–water partition coefficient (Wildman–Crippen LogP) is 3.90. The molecule has 1 fully saturated rings. The molecule has 0 unspecified atom stereocenters. The molecule has 18 heavy (non-hydrogen) atoms. The Kier molecular flexibility index (Phi) is 4.35. The fourth-order valence-corrected chi connectivity index (χ4v) is 1.82. The number of hydrogen-bond donors (Lipinski definition) is 0. The fourth-order valence-electron chi connectivity index (χ4n) is 1.82. The quantitative estimate of drug-likeness (QED) is 0.732. The monoisotopic (exact) mass is 242 g/mol. The van der Waals surface area contributed by atoms with E-state index in [9.17, 15) is 4.79 Å². The van der Waals surface area contributed by atoms with Crippen LogP contribution in [0.15, 0.2) is 54.1 Å². The Labute approximate surface area is 108 Å². The molecule has 0 radical (unpaired) electrons. The average Bonchev–Trinajstić information content (AvgIpc) is 2.35. The van der Waals surface area contributed by atoms with Crippen LogP contribution in [0.1, 0.15) is 36.0 Å². The second kappa shape index (κ2) is 6.20. The molecular weight excluding hydrogens is 224 g/mol. The Balaban J connectivity index is 1.72. The number of hydrogen-bond acceptors (Lipinski definition) is 2. The molecule has 1 saturated carbocycles. The number of ether oxygens (including phenoxy) is 1. The van der Waals surface area contributed by atoms with E-state index in [1.807, 2.05) is 18.2 Å². The third kappa shape index (κ3) is 3.59. The minimum Gasteiger partial charge on any atom is -0.462 e. The van der Waals surface area contributed by atoms with Gasteiger partial charge in [-0.1, -0.05) is 42.0 Å². The first kappa shape index (κ1) is 12.6. The van der Waals surface area contributed by atoms with E-state index in [1.165, 1.54) is 24.8 Å². The Hall–Kier alpha value is -1.83. The van der Waals surface area contributed by atoms with Crippen molar-refractivity contribution in [3.8, 4) is 0 Å². The van der Waals surface area contributed by atoms with Crippen LogP contribution in [0, 0.1) is 0 Å². The van der Waals surface area contributed by atoms with Crippen molar-refractivity contribution < 1.29 is 9.53 Å². The lowest BCUT2D eigenvalue weighted by molar-refractivity contribution is 0.0510.